The molecular formula is C15H13ClFN3O. The number of nitrogens with one attached hydrogen (secondary N) is 1. The van der Waals surface area contributed by atoms with Crippen molar-refractivity contribution in [1.82, 2.24) is 4.98 Å². The van der Waals surface area contributed by atoms with Crippen LogP contribution in [-0.2, 0) is 6.42 Å². The number of aromatic nitrogens is 1. The number of hydrogen-bond donors (Lipinski definition) is 2. The highest BCUT2D eigenvalue weighted by molar-refractivity contribution is 6.29. The highest BCUT2D eigenvalue weighted by atomic mass is 35.5. The highest BCUT2D eigenvalue weighted by Crippen LogP contribution is 2.36. The number of halogens is 2. The molecule has 21 heavy (non-hydrogen) atoms. The maximum Gasteiger partial charge on any atom is 0.252 e. The summed E-state index contributed by atoms with van der Waals surface area (Å²) in [6, 6.07) is 6.37. The van der Waals surface area contributed by atoms with E-state index in [2.05, 4.69) is 10.3 Å². The van der Waals surface area contributed by atoms with Crippen LogP contribution in [0.1, 0.15) is 33.9 Å². The second kappa shape index (κ2) is 5.33. The third kappa shape index (κ3) is 2.56. The number of fused-ring (bicyclic) bond motifs is 1. The molecule has 1 atom stereocenters. The molecule has 0 radical (unpaired) electrons. The molecule has 0 saturated heterocycles. The number of carbonyl (C=O) groups is 1. The summed E-state index contributed by atoms with van der Waals surface area (Å²) in [5, 5.41) is 3.41. The van der Waals surface area contributed by atoms with E-state index >= 15 is 0 Å². The molecule has 6 heteroatoms. The Labute approximate surface area is 126 Å². The van der Waals surface area contributed by atoms with Gasteiger partial charge in [-0.25, -0.2) is 9.37 Å². The molecule has 2 aromatic rings. The molecule has 1 unspecified atom stereocenters. The van der Waals surface area contributed by atoms with E-state index in [1.165, 1.54) is 18.3 Å². The fourth-order valence-electron chi connectivity index (χ4n) is 2.71. The van der Waals surface area contributed by atoms with Gasteiger partial charge in [0.1, 0.15) is 11.0 Å². The number of carbonyl (C=O) groups excluding carboxylic acids is 1. The Bertz CT molecular complexity index is 720. The zero-order valence-electron chi connectivity index (χ0n) is 11.1. The van der Waals surface area contributed by atoms with Crippen LogP contribution in [0.2, 0.25) is 5.15 Å². The van der Waals surface area contributed by atoms with Gasteiger partial charge in [-0.3, -0.25) is 4.79 Å². The number of hydrogen-bond acceptors (Lipinski definition) is 3. The average Bonchev–Trinajstić information content (AvgIpc) is 2.83. The highest BCUT2D eigenvalue weighted by Gasteiger charge is 2.26. The van der Waals surface area contributed by atoms with E-state index in [0.717, 1.165) is 18.4 Å². The predicted molar refractivity (Wildman–Crippen MR) is 78.8 cm³/mol. The number of anilines is 1. The number of primary amides is 1. The number of nitrogens with two attached hydrogens (primary N) is 1. The fraction of sp³-hybridized carbons (Fsp3) is 0.200. The first-order valence-corrected chi connectivity index (χ1v) is 6.93. The summed E-state index contributed by atoms with van der Waals surface area (Å²) in [4.78, 5) is 15.3. The Morgan fingerprint density at radius 1 is 1.48 bits per heavy atom. The maximum absolute atomic E-state index is 14.0. The van der Waals surface area contributed by atoms with Crippen molar-refractivity contribution in [2.45, 2.75) is 18.9 Å². The van der Waals surface area contributed by atoms with E-state index < -0.39 is 5.91 Å². The average molecular weight is 306 g/mol. The zero-order valence-corrected chi connectivity index (χ0v) is 11.8. The summed E-state index contributed by atoms with van der Waals surface area (Å²) in [5.41, 5.74) is 7.66. The molecule has 1 amide bonds. The topological polar surface area (TPSA) is 68.0 Å². The Morgan fingerprint density at radius 2 is 2.29 bits per heavy atom. The number of amides is 1. The molecule has 1 aromatic heterocycles. The van der Waals surface area contributed by atoms with E-state index in [9.17, 15) is 9.18 Å². The number of nitrogens with zero attached hydrogens (tertiary/aromatic N) is 1. The summed E-state index contributed by atoms with van der Waals surface area (Å²) in [5.74, 6) is -0.850. The molecule has 108 valence electrons. The second-order valence-electron chi connectivity index (χ2n) is 4.97. The van der Waals surface area contributed by atoms with Gasteiger partial charge in [0.05, 0.1) is 17.3 Å². The van der Waals surface area contributed by atoms with Crippen LogP contribution in [0.5, 0.6) is 0 Å². The van der Waals surface area contributed by atoms with Gasteiger partial charge in [0, 0.05) is 11.8 Å². The summed E-state index contributed by atoms with van der Waals surface area (Å²) in [6.07, 6.45) is 2.86. The third-order valence-corrected chi connectivity index (χ3v) is 3.87. The van der Waals surface area contributed by atoms with Crippen LogP contribution in [0, 0.1) is 5.82 Å². The first-order chi connectivity index (χ1) is 10.1. The lowest BCUT2D eigenvalue weighted by Crippen LogP contribution is -2.17. The third-order valence-electron chi connectivity index (χ3n) is 3.66. The maximum atomic E-state index is 14.0. The summed E-state index contributed by atoms with van der Waals surface area (Å²) < 4.78 is 14.0. The van der Waals surface area contributed by atoms with Crippen LogP contribution >= 0.6 is 11.6 Å². The number of pyridine rings is 1. The summed E-state index contributed by atoms with van der Waals surface area (Å²) in [7, 11) is 0. The Balaban J connectivity index is 1.97. The SMILES string of the molecule is NC(=O)c1cnc(Cl)cc1NC1CCc2cccc(F)c21. The Kier molecular flexibility index (Phi) is 3.51. The molecule has 0 spiro atoms. The van der Waals surface area contributed by atoms with Crippen LogP contribution in [0.15, 0.2) is 30.5 Å². The van der Waals surface area contributed by atoms with Gasteiger partial charge in [0.25, 0.3) is 5.91 Å². The monoisotopic (exact) mass is 305 g/mol. The molecule has 0 aliphatic heterocycles. The van der Waals surface area contributed by atoms with E-state index in [0.29, 0.717) is 11.3 Å². The van der Waals surface area contributed by atoms with Crippen molar-refractivity contribution >= 4 is 23.2 Å². The van der Waals surface area contributed by atoms with Gasteiger partial charge in [0.2, 0.25) is 0 Å². The van der Waals surface area contributed by atoms with Crippen molar-refractivity contribution in [3.63, 3.8) is 0 Å². The van der Waals surface area contributed by atoms with Gasteiger partial charge in [-0.1, -0.05) is 23.7 Å². The predicted octanol–water partition coefficient (Wildman–Crippen LogP) is 3.07. The van der Waals surface area contributed by atoms with Crippen molar-refractivity contribution in [3.05, 3.63) is 58.1 Å². The van der Waals surface area contributed by atoms with Crippen LogP contribution in [0.25, 0.3) is 0 Å². The van der Waals surface area contributed by atoms with Crippen molar-refractivity contribution < 1.29 is 9.18 Å². The molecule has 3 rings (SSSR count). The molecule has 1 aliphatic carbocycles. The quantitative estimate of drug-likeness (QED) is 0.856. The molecule has 0 saturated carbocycles. The van der Waals surface area contributed by atoms with Crippen LogP contribution in [0.4, 0.5) is 10.1 Å². The van der Waals surface area contributed by atoms with Gasteiger partial charge in [0.15, 0.2) is 0 Å². The number of aryl methyl sites for hydroxylation is 1. The van der Waals surface area contributed by atoms with E-state index in [1.54, 1.807) is 6.07 Å². The lowest BCUT2D eigenvalue weighted by Gasteiger charge is -2.18. The van der Waals surface area contributed by atoms with E-state index in [4.69, 9.17) is 17.3 Å². The fourth-order valence-corrected chi connectivity index (χ4v) is 2.87. The second-order valence-corrected chi connectivity index (χ2v) is 5.35. The molecule has 4 nitrogen and oxygen atoms in total. The first-order valence-electron chi connectivity index (χ1n) is 6.55. The lowest BCUT2D eigenvalue weighted by atomic mass is 10.1. The van der Waals surface area contributed by atoms with E-state index in [1.807, 2.05) is 6.07 Å². The van der Waals surface area contributed by atoms with Crippen LogP contribution in [0.3, 0.4) is 0 Å². The first kappa shape index (κ1) is 13.8. The standard InChI is InChI=1S/C15H13ClFN3O/c16-13-6-12(9(7-19-13)15(18)21)20-11-5-4-8-2-1-3-10(17)14(8)11/h1-3,6-7,11H,4-5H2,(H2,18,21)(H,19,20). The minimum Gasteiger partial charge on any atom is -0.377 e. The van der Waals surface area contributed by atoms with Crippen molar-refractivity contribution in [2.75, 3.05) is 5.32 Å². The molecule has 3 N–H and O–H groups in total. The van der Waals surface area contributed by atoms with Gasteiger partial charge in [-0.15, -0.1) is 0 Å². The van der Waals surface area contributed by atoms with Gasteiger partial charge in [-0.05, 0) is 30.5 Å². The van der Waals surface area contributed by atoms with E-state index in [-0.39, 0.29) is 22.6 Å². The zero-order chi connectivity index (χ0) is 15.0. The molecule has 1 aliphatic rings. The molecule has 0 bridgehead atoms. The lowest BCUT2D eigenvalue weighted by molar-refractivity contribution is 0.100. The number of benzene rings is 1. The molecule has 0 fully saturated rings. The van der Waals surface area contributed by atoms with Gasteiger partial charge < -0.3 is 11.1 Å². The Hall–Kier alpha value is -2.14. The van der Waals surface area contributed by atoms with Crippen molar-refractivity contribution in [2.24, 2.45) is 5.73 Å². The smallest absolute Gasteiger partial charge is 0.252 e. The molecular weight excluding hydrogens is 293 g/mol. The summed E-state index contributed by atoms with van der Waals surface area (Å²) >= 11 is 5.86. The van der Waals surface area contributed by atoms with Crippen molar-refractivity contribution in [1.29, 1.82) is 0 Å². The van der Waals surface area contributed by atoms with Crippen molar-refractivity contribution in [3.8, 4) is 0 Å². The largest absolute Gasteiger partial charge is 0.377 e. The van der Waals surface area contributed by atoms with Crippen LogP contribution < -0.4 is 11.1 Å². The Morgan fingerprint density at radius 3 is 3.05 bits per heavy atom. The molecule has 1 heterocycles. The van der Waals surface area contributed by atoms with Gasteiger partial charge in [-0.2, -0.15) is 0 Å². The normalized spacial score (nSPS) is 16.6. The number of rotatable bonds is 3. The van der Waals surface area contributed by atoms with Gasteiger partial charge >= 0.3 is 0 Å². The minimum absolute atomic E-state index is 0.210. The molecule has 1 aromatic carbocycles. The minimum atomic E-state index is -0.603. The summed E-state index contributed by atoms with van der Waals surface area (Å²) in [6.45, 7) is 0. The van der Waals surface area contributed by atoms with Crippen LogP contribution in [-0.4, -0.2) is 10.9 Å².